The third kappa shape index (κ3) is 6.06. The Bertz CT molecular complexity index is 178. The van der Waals surface area contributed by atoms with E-state index in [2.05, 4.69) is 9.47 Å². The van der Waals surface area contributed by atoms with Crippen LogP contribution in [0.5, 0.6) is 0 Å². The molecule has 0 saturated heterocycles. The molecule has 0 aromatic carbocycles. The van der Waals surface area contributed by atoms with E-state index in [0.717, 1.165) is 7.11 Å². The molecule has 0 saturated carbocycles. The number of hydrogen-bond acceptors (Lipinski definition) is 6. The molecule has 0 amide bonds. The quantitative estimate of drug-likeness (QED) is 0.404. The Kier molecular flexibility index (Phi) is 5.82. The van der Waals surface area contributed by atoms with Gasteiger partial charge < -0.3 is 19.7 Å². The number of rotatable bonds is 5. The van der Waals surface area contributed by atoms with E-state index in [9.17, 15) is 9.59 Å². The first kappa shape index (κ1) is 11.9. The van der Waals surface area contributed by atoms with Crippen molar-refractivity contribution in [3.63, 3.8) is 0 Å². The van der Waals surface area contributed by atoms with Crippen molar-refractivity contribution in [2.24, 2.45) is 0 Å². The van der Waals surface area contributed by atoms with Gasteiger partial charge in [0.05, 0.1) is 13.7 Å². The Morgan fingerprint density at radius 3 is 2.46 bits per heavy atom. The molecule has 0 rings (SSSR count). The fourth-order valence-corrected chi connectivity index (χ4v) is 0.483. The van der Waals surface area contributed by atoms with Gasteiger partial charge in [0, 0.05) is 0 Å². The third-order valence-electron chi connectivity index (χ3n) is 1.16. The molecule has 13 heavy (non-hydrogen) atoms. The van der Waals surface area contributed by atoms with Crippen LogP contribution in [-0.4, -0.2) is 48.6 Å². The fourth-order valence-electron chi connectivity index (χ4n) is 0.483. The van der Waals surface area contributed by atoms with E-state index in [1.165, 1.54) is 0 Å². The molecule has 1 atom stereocenters. The summed E-state index contributed by atoms with van der Waals surface area (Å²) in [6.45, 7) is -0.822. The lowest BCUT2D eigenvalue weighted by Gasteiger charge is -2.07. The second-order valence-electron chi connectivity index (χ2n) is 2.27. The van der Waals surface area contributed by atoms with Gasteiger partial charge in [-0.15, -0.1) is 0 Å². The summed E-state index contributed by atoms with van der Waals surface area (Å²) in [6, 6.07) is 0. The van der Waals surface area contributed by atoms with E-state index in [1.807, 2.05) is 0 Å². The Hall–Kier alpha value is -1.14. The van der Waals surface area contributed by atoms with E-state index in [-0.39, 0.29) is 6.61 Å². The molecule has 0 heterocycles. The van der Waals surface area contributed by atoms with Gasteiger partial charge in [-0.2, -0.15) is 0 Å². The van der Waals surface area contributed by atoms with Crippen molar-refractivity contribution in [3.05, 3.63) is 0 Å². The summed E-state index contributed by atoms with van der Waals surface area (Å²) in [5.74, 6) is -1.50. The number of aliphatic hydroxyl groups excluding tert-OH is 2. The second-order valence-corrected chi connectivity index (χ2v) is 2.27. The van der Waals surface area contributed by atoms with E-state index >= 15 is 0 Å². The largest absolute Gasteiger partial charge is 0.469 e. The van der Waals surface area contributed by atoms with E-state index < -0.39 is 31.1 Å². The summed E-state index contributed by atoms with van der Waals surface area (Å²) in [4.78, 5) is 21.2. The number of aliphatic hydroxyl groups is 2. The number of carbonyl (C=O) groups is 2. The first-order valence-electron chi connectivity index (χ1n) is 3.61. The van der Waals surface area contributed by atoms with Gasteiger partial charge in [0.15, 0.2) is 0 Å². The average Bonchev–Trinajstić information content (AvgIpc) is 2.13. The highest BCUT2D eigenvalue weighted by Crippen LogP contribution is 1.91. The Morgan fingerprint density at radius 2 is 2.00 bits per heavy atom. The highest BCUT2D eigenvalue weighted by Gasteiger charge is 2.12. The standard InChI is InChI=1S/C7H12O6/c1-12-6(10)2-7(11)13-4-5(9)3-8/h5,8-9H,2-4H2,1H3. The van der Waals surface area contributed by atoms with Crippen molar-refractivity contribution < 1.29 is 29.3 Å². The zero-order chi connectivity index (χ0) is 10.3. The van der Waals surface area contributed by atoms with Gasteiger partial charge in [-0.05, 0) is 0 Å². The summed E-state index contributed by atoms with van der Waals surface area (Å²) in [5.41, 5.74) is 0. The van der Waals surface area contributed by atoms with Crippen LogP contribution in [0.1, 0.15) is 6.42 Å². The normalized spacial score (nSPS) is 11.9. The van der Waals surface area contributed by atoms with Crippen molar-refractivity contribution in [3.8, 4) is 0 Å². The number of ether oxygens (including phenoxy) is 2. The van der Waals surface area contributed by atoms with Crippen molar-refractivity contribution in [2.45, 2.75) is 12.5 Å². The first-order valence-corrected chi connectivity index (χ1v) is 3.61. The minimum atomic E-state index is -1.11. The topological polar surface area (TPSA) is 93.1 Å². The molecular weight excluding hydrogens is 180 g/mol. The lowest BCUT2D eigenvalue weighted by molar-refractivity contribution is -0.155. The van der Waals surface area contributed by atoms with Crippen LogP contribution in [-0.2, 0) is 19.1 Å². The minimum Gasteiger partial charge on any atom is -0.469 e. The molecule has 76 valence electrons. The van der Waals surface area contributed by atoms with Crippen molar-refractivity contribution in [1.82, 2.24) is 0 Å². The molecule has 0 spiro atoms. The maximum absolute atomic E-state index is 10.7. The van der Waals surface area contributed by atoms with Crippen molar-refractivity contribution in [1.29, 1.82) is 0 Å². The highest BCUT2D eigenvalue weighted by molar-refractivity contribution is 5.91. The van der Waals surface area contributed by atoms with Crippen LogP contribution in [0.15, 0.2) is 0 Å². The lowest BCUT2D eigenvalue weighted by Crippen LogP contribution is -2.23. The molecule has 2 N–H and O–H groups in total. The molecule has 0 fully saturated rings. The first-order chi connectivity index (χ1) is 6.10. The van der Waals surface area contributed by atoms with Crippen LogP contribution in [0.4, 0.5) is 0 Å². The van der Waals surface area contributed by atoms with Crippen LogP contribution in [0, 0.1) is 0 Å². The van der Waals surface area contributed by atoms with Crippen molar-refractivity contribution in [2.75, 3.05) is 20.3 Å². The van der Waals surface area contributed by atoms with Crippen molar-refractivity contribution >= 4 is 11.9 Å². The smallest absolute Gasteiger partial charge is 0.317 e. The minimum absolute atomic E-state index is 0.327. The highest BCUT2D eigenvalue weighted by atomic mass is 16.6. The van der Waals surface area contributed by atoms with Gasteiger partial charge in [0.1, 0.15) is 19.1 Å². The Morgan fingerprint density at radius 1 is 1.38 bits per heavy atom. The lowest BCUT2D eigenvalue weighted by atomic mass is 10.4. The van der Waals surface area contributed by atoms with Crippen LogP contribution < -0.4 is 0 Å². The Balaban J connectivity index is 3.57. The second kappa shape index (κ2) is 6.38. The average molecular weight is 192 g/mol. The van der Waals surface area contributed by atoms with Gasteiger partial charge >= 0.3 is 11.9 Å². The van der Waals surface area contributed by atoms with Gasteiger partial charge in [-0.1, -0.05) is 0 Å². The fraction of sp³-hybridized carbons (Fsp3) is 0.714. The number of hydrogen-bond donors (Lipinski definition) is 2. The molecule has 0 aliphatic heterocycles. The van der Waals surface area contributed by atoms with E-state index in [0.29, 0.717) is 0 Å². The Labute approximate surface area is 75.1 Å². The molecule has 0 aliphatic rings. The van der Waals surface area contributed by atoms with E-state index in [4.69, 9.17) is 10.2 Å². The van der Waals surface area contributed by atoms with E-state index in [1.54, 1.807) is 0 Å². The molecule has 6 nitrogen and oxygen atoms in total. The summed E-state index contributed by atoms with van der Waals surface area (Å²) in [6.07, 6.45) is -1.60. The summed E-state index contributed by atoms with van der Waals surface area (Å²) < 4.78 is 8.62. The predicted octanol–water partition coefficient (Wildman–Crippen LogP) is -1.55. The van der Waals surface area contributed by atoms with Gasteiger partial charge in [0.2, 0.25) is 0 Å². The summed E-state index contributed by atoms with van der Waals surface area (Å²) in [5, 5.41) is 17.1. The van der Waals surface area contributed by atoms with Gasteiger partial charge in [-0.3, -0.25) is 9.59 Å². The zero-order valence-electron chi connectivity index (χ0n) is 7.23. The molecule has 1 unspecified atom stereocenters. The van der Waals surface area contributed by atoms with Gasteiger partial charge in [0.25, 0.3) is 0 Å². The molecule has 0 aromatic heterocycles. The number of esters is 2. The molecule has 0 aromatic rings. The van der Waals surface area contributed by atoms with Crippen LogP contribution >= 0.6 is 0 Å². The predicted molar refractivity (Wildman–Crippen MR) is 40.7 cm³/mol. The third-order valence-corrected chi connectivity index (χ3v) is 1.16. The summed E-state index contributed by atoms with van der Waals surface area (Å²) in [7, 11) is 1.15. The summed E-state index contributed by atoms with van der Waals surface area (Å²) >= 11 is 0. The number of methoxy groups -OCH3 is 1. The van der Waals surface area contributed by atoms with Crippen LogP contribution in [0.25, 0.3) is 0 Å². The monoisotopic (exact) mass is 192 g/mol. The SMILES string of the molecule is COC(=O)CC(=O)OCC(O)CO. The molecule has 6 heteroatoms. The maximum Gasteiger partial charge on any atom is 0.317 e. The zero-order valence-corrected chi connectivity index (χ0v) is 7.23. The number of carbonyl (C=O) groups excluding carboxylic acids is 2. The molecule has 0 radical (unpaired) electrons. The molecular formula is C7H12O6. The molecule has 0 aliphatic carbocycles. The molecule has 0 bridgehead atoms. The van der Waals surface area contributed by atoms with Gasteiger partial charge in [-0.25, -0.2) is 0 Å². The van der Waals surface area contributed by atoms with Crippen LogP contribution in [0.2, 0.25) is 0 Å². The van der Waals surface area contributed by atoms with Crippen LogP contribution in [0.3, 0.4) is 0 Å². The maximum atomic E-state index is 10.7.